The molecular formula is C23H34N6. The molecule has 3 aliphatic heterocycles. The maximum Gasteiger partial charge on any atom is 0.136 e. The van der Waals surface area contributed by atoms with Gasteiger partial charge in [0.15, 0.2) is 0 Å². The topological polar surface area (TPSA) is 49.2 Å². The van der Waals surface area contributed by atoms with Crippen LogP contribution >= 0.6 is 0 Å². The average molecular weight is 395 g/mol. The summed E-state index contributed by atoms with van der Waals surface area (Å²) in [7, 11) is 2.23. The standard InChI is InChI=1S/C23H34N6/c1-17-3-5-20-15-18(4-6-21(20)27(17)2)16-28-12-8-19(9-13-28)23-26-25-22-7-10-24-11-14-29(22)23/h4,6,15,17,19,24H,3,5,7-14,16H2,1-2H3. The number of benzene rings is 1. The lowest BCUT2D eigenvalue weighted by atomic mass is 9.94. The second-order valence-corrected chi connectivity index (χ2v) is 9.14. The number of aromatic nitrogens is 3. The molecule has 0 spiro atoms. The van der Waals surface area contributed by atoms with Crippen molar-refractivity contribution < 1.29 is 0 Å². The number of rotatable bonds is 3. The van der Waals surface area contributed by atoms with Gasteiger partial charge in [-0.1, -0.05) is 12.1 Å². The van der Waals surface area contributed by atoms with Gasteiger partial charge >= 0.3 is 0 Å². The van der Waals surface area contributed by atoms with E-state index in [2.05, 4.69) is 62.1 Å². The molecular weight excluding hydrogens is 360 g/mol. The molecule has 1 saturated heterocycles. The molecule has 29 heavy (non-hydrogen) atoms. The van der Waals surface area contributed by atoms with Gasteiger partial charge in [-0.15, -0.1) is 10.2 Å². The Labute approximate surface area is 174 Å². The van der Waals surface area contributed by atoms with E-state index < -0.39 is 0 Å². The minimum atomic E-state index is 0.560. The molecule has 156 valence electrons. The zero-order valence-electron chi connectivity index (χ0n) is 17.9. The summed E-state index contributed by atoms with van der Waals surface area (Å²) in [4.78, 5) is 5.06. The fraction of sp³-hybridized carbons (Fsp3) is 0.652. The zero-order valence-corrected chi connectivity index (χ0v) is 17.9. The van der Waals surface area contributed by atoms with Gasteiger partial charge in [0.1, 0.15) is 11.6 Å². The Balaban J connectivity index is 1.21. The summed E-state index contributed by atoms with van der Waals surface area (Å²) in [6.07, 6.45) is 5.85. The van der Waals surface area contributed by atoms with Gasteiger partial charge in [0.2, 0.25) is 0 Å². The molecule has 0 bridgehead atoms. The second kappa shape index (κ2) is 8.07. The summed E-state index contributed by atoms with van der Waals surface area (Å²) < 4.78 is 2.39. The van der Waals surface area contributed by atoms with Crippen molar-refractivity contribution in [3.8, 4) is 0 Å². The predicted octanol–water partition coefficient (Wildman–Crippen LogP) is 2.57. The third-order valence-corrected chi connectivity index (χ3v) is 7.27. The van der Waals surface area contributed by atoms with Crippen LogP contribution in [0.1, 0.15) is 54.9 Å². The van der Waals surface area contributed by atoms with Crippen molar-refractivity contribution in [2.45, 2.75) is 64.1 Å². The number of likely N-dealkylation sites (tertiary alicyclic amines) is 1. The van der Waals surface area contributed by atoms with Crippen LogP contribution in [-0.4, -0.2) is 58.9 Å². The van der Waals surface area contributed by atoms with E-state index in [-0.39, 0.29) is 0 Å². The highest BCUT2D eigenvalue weighted by atomic mass is 15.3. The van der Waals surface area contributed by atoms with Crippen molar-refractivity contribution in [1.29, 1.82) is 0 Å². The number of aryl methyl sites for hydroxylation is 1. The fourth-order valence-corrected chi connectivity index (χ4v) is 5.28. The number of nitrogens with one attached hydrogen (secondary N) is 1. The quantitative estimate of drug-likeness (QED) is 0.867. The Morgan fingerprint density at radius 2 is 1.90 bits per heavy atom. The Morgan fingerprint density at radius 3 is 2.76 bits per heavy atom. The van der Waals surface area contributed by atoms with Crippen LogP contribution < -0.4 is 10.2 Å². The van der Waals surface area contributed by atoms with Crippen molar-refractivity contribution in [3.05, 3.63) is 41.0 Å². The molecule has 1 unspecified atom stereocenters. The molecule has 1 fully saturated rings. The van der Waals surface area contributed by atoms with Crippen LogP contribution in [0.15, 0.2) is 18.2 Å². The number of hydrogen-bond acceptors (Lipinski definition) is 5. The highest BCUT2D eigenvalue weighted by Crippen LogP contribution is 2.32. The van der Waals surface area contributed by atoms with Crippen molar-refractivity contribution in [1.82, 2.24) is 25.0 Å². The maximum absolute atomic E-state index is 4.60. The monoisotopic (exact) mass is 394 g/mol. The number of nitrogens with zero attached hydrogens (tertiary/aromatic N) is 5. The van der Waals surface area contributed by atoms with Crippen molar-refractivity contribution in [3.63, 3.8) is 0 Å². The van der Waals surface area contributed by atoms with Gasteiger partial charge in [-0.3, -0.25) is 4.90 Å². The van der Waals surface area contributed by atoms with Gasteiger partial charge in [0.05, 0.1) is 0 Å². The molecule has 1 N–H and O–H groups in total. The lowest BCUT2D eigenvalue weighted by Gasteiger charge is -2.35. The van der Waals surface area contributed by atoms with E-state index in [1.807, 2.05) is 0 Å². The Hall–Kier alpha value is -1.92. The minimum absolute atomic E-state index is 0.560. The molecule has 0 saturated carbocycles. The third kappa shape index (κ3) is 3.80. The van der Waals surface area contributed by atoms with Crippen molar-refractivity contribution >= 4 is 5.69 Å². The number of piperidine rings is 1. The van der Waals surface area contributed by atoms with Crippen LogP contribution in [0.4, 0.5) is 5.69 Å². The Morgan fingerprint density at radius 1 is 1.03 bits per heavy atom. The first-order valence-electron chi connectivity index (χ1n) is 11.4. The van der Waals surface area contributed by atoms with Crippen LogP contribution in [0, 0.1) is 0 Å². The van der Waals surface area contributed by atoms with Crippen LogP contribution in [0.3, 0.4) is 0 Å². The normalized spacial score (nSPS) is 23.5. The number of hydrogen-bond donors (Lipinski definition) is 1. The minimum Gasteiger partial charge on any atom is -0.372 e. The average Bonchev–Trinajstić information content (AvgIpc) is 2.99. The van der Waals surface area contributed by atoms with Gasteiger partial charge in [0, 0.05) is 57.3 Å². The third-order valence-electron chi connectivity index (χ3n) is 7.27. The lowest BCUT2D eigenvalue weighted by molar-refractivity contribution is 0.200. The molecule has 6 heteroatoms. The van der Waals surface area contributed by atoms with E-state index in [1.54, 1.807) is 0 Å². The van der Waals surface area contributed by atoms with Gasteiger partial charge in [-0.05, 0) is 62.9 Å². The summed E-state index contributed by atoms with van der Waals surface area (Å²) in [6, 6.07) is 7.78. The van der Waals surface area contributed by atoms with E-state index in [4.69, 9.17) is 0 Å². The smallest absolute Gasteiger partial charge is 0.136 e. The molecule has 6 nitrogen and oxygen atoms in total. The molecule has 1 atom stereocenters. The van der Waals surface area contributed by atoms with Gasteiger partial charge in [0.25, 0.3) is 0 Å². The van der Waals surface area contributed by atoms with E-state index >= 15 is 0 Å². The Kier molecular flexibility index (Phi) is 5.31. The highest BCUT2D eigenvalue weighted by molar-refractivity contribution is 5.57. The zero-order chi connectivity index (χ0) is 19.8. The van der Waals surface area contributed by atoms with Gasteiger partial charge < -0.3 is 14.8 Å². The van der Waals surface area contributed by atoms with E-state index in [1.165, 1.54) is 54.1 Å². The van der Waals surface area contributed by atoms with Crippen molar-refractivity contribution in [2.75, 3.05) is 38.1 Å². The lowest BCUT2D eigenvalue weighted by Crippen LogP contribution is -2.34. The second-order valence-electron chi connectivity index (χ2n) is 9.14. The van der Waals surface area contributed by atoms with Crippen molar-refractivity contribution in [2.24, 2.45) is 0 Å². The largest absolute Gasteiger partial charge is 0.372 e. The van der Waals surface area contributed by atoms with Gasteiger partial charge in [-0.25, -0.2) is 0 Å². The molecule has 4 heterocycles. The molecule has 0 amide bonds. The van der Waals surface area contributed by atoms with Crippen LogP contribution in [0.2, 0.25) is 0 Å². The molecule has 2 aromatic rings. The highest BCUT2D eigenvalue weighted by Gasteiger charge is 2.27. The molecule has 1 aromatic heterocycles. The van der Waals surface area contributed by atoms with E-state index in [0.717, 1.165) is 45.7 Å². The summed E-state index contributed by atoms with van der Waals surface area (Å²) in [5, 5.41) is 12.6. The number of anilines is 1. The van der Waals surface area contributed by atoms with Crippen LogP contribution in [0.5, 0.6) is 0 Å². The van der Waals surface area contributed by atoms with E-state index in [9.17, 15) is 0 Å². The molecule has 0 radical (unpaired) electrons. The first-order chi connectivity index (χ1) is 14.2. The molecule has 1 aromatic carbocycles. The number of fused-ring (bicyclic) bond motifs is 2. The summed E-state index contributed by atoms with van der Waals surface area (Å²) in [6.45, 7) is 8.76. The SMILES string of the molecule is CC1CCc2cc(CN3CCC(c4nnc5n4CCNCC5)CC3)ccc2N1C. The summed E-state index contributed by atoms with van der Waals surface area (Å²) in [5.41, 5.74) is 4.42. The van der Waals surface area contributed by atoms with Gasteiger partial charge in [-0.2, -0.15) is 0 Å². The maximum atomic E-state index is 4.60. The summed E-state index contributed by atoms with van der Waals surface area (Å²) in [5.74, 6) is 2.96. The molecule has 3 aliphatic rings. The van der Waals surface area contributed by atoms with E-state index in [0.29, 0.717) is 12.0 Å². The predicted molar refractivity (Wildman–Crippen MR) is 116 cm³/mol. The molecule has 0 aliphatic carbocycles. The summed E-state index contributed by atoms with van der Waals surface area (Å²) >= 11 is 0. The fourth-order valence-electron chi connectivity index (χ4n) is 5.28. The Bertz CT molecular complexity index is 851. The molecule has 5 rings (SSSR count). The first-order valence-corrected chi connectivity index (χ1v) is 11.4. The van der Waals surface area contributed by atoms with Crippen LogP contribution in [0.25, 0.3) is 0 Å². The first kappa shape index (κ1) is 19.1. The van der Waals surface area contributed by atoms with Crippen LogP contribution in [-0.2, 0) is 25.9 Å².